The highest BCUT2D eigenvalue weighted by molar-refractivity contribution is 7.86. The number of alkyl halides is 2. The van der Waals surface area contributed by atoms with Crippen LogP contribution in [0.2, 0.25) is 0 Å². The van der Waals surface area contributed by atoms with Gasteiger partial charge >= 0.3 is 0 Å². The minimum atomic E-state index is -3.82. The lowest BCUT2D eigenvalue weighted by atomic mass is 10.2. The largest absolute Gasteiger partial charge is 0.296 e. The van der Waals surface area contributed by atoms with Crippen LogP contribution in [0.4, 0.5) is 8.78 Å². The van der Waals surface area contributed by atoms with Crippen LogP contribution in [0.1, 0.15) is 18.4 Å². The Balaban J connectivity index is 2.54. The topological polar surface area (TPSA) is 43.4 Å². The number of hydrogen-bond acceptors (Lipinski definition) is 3. The predicted molar refractivity (Wildman–Crippen MR) is 59.6 cm³/mol. The van der Waals surface area contributed by atoms with E-state index in [0.29, 0.717) is 0 Å². The summed E-state index contributed by atoms with van der Waals surface area (Å²) in [6.45, 7) is 1.61. The molecule has 0 aromatic heterocycles. The van der Waals surface area contributed by atoms with Crippen molar-refractivity contribution in [3.63, 3.8) is 0 Å². The van der Waals surface area contributed by atoms with Crippen molar-refractivity contribution in [2.45, 2.75) is 31.1 Å². The van der Waals surface area contributed by atoms with Gasteiger partial charge in [-0.05, 0) is 25.5 Å². The first-order valence-corrected chi connectivity index (χ1v) is 6.57. The van der Waals surface area contributed by atoms with Crippen molar-refractivity contribution in [2.75, 3.05) is 6.61 Å². The standard InChI is InChI=1S/C11H14F2O3S/c1-9-4-6-10(7-5-9)17(14,15)16-8-2-3-11(12)13/h4-7,11H,2-3,8H2,1H3. The lowest BCUT2D eigenvalue weighted by Crippen LogP contribution is -2.08. The van der Waals surface area contributed by atoms with Gasteiger partial charge < -0.3 is 0 Å². The van der Waals surface area contributed by atoms with Gasteiger partial charge in [-0.15, -0.1) is 0 Å². The zero-order chi connectivity index (χ0) is 12.9. The highest BCUT2D eigenvalue weighted by atomic mass is 32.2. The molecule has 96 valence electrons. The second-order valence-electron chi connectivity index (χ2n) is 3.62. The molecule has 0 fully saturated rings. The van der Waals surface area contributed by atoms with Crippen LogP contribution in [0.5, 0.6) is 0 Å². The summed E-state index contributed by atoms with van der Waals surface area (Å²) in [7, 11) is -3.82. The van der Waals surface area contributed by atoms with E-state index in [1.807, 2.05) is 6.92 Å². The number of benzene rings is 1. The van der Waals surface area contributed by atoms with Crippen molar-refractivity contribution < 1.29 is 21.4 Å². The van der Waals surface area contributed by atoms with Crippen molar-refractivity contribution in [1.29, 1.82) is 0 Å². The molecular weight excluding hydrogens is 250 g/mol. The summed E-state index contributed by atoms with van der Waals surface area (Å²) in [6.07, 6.45) is -2.77. The van der Waals surface area contributed by atoms with Crippen molar-refractivity contribution >= 4 is 10.1 Å². The van der Waals surface area contributed by atoms with Gasteiger partial charge in [0.25, 0.3) is 10.1 Å². The van der Waals surface area contributed by atoms with Crippen LogP contribution in [-0.4, -0.2) is 21.5 Å². The van der Waals surface area contributed by atoms with Gasteiger partial charge in [0.1, 0.15) is 0 Å². The molecule has 0 saturated carbocycles. The fraction of sp³-hybridized carbons (Fsp3) is 0.455. The first-order chi connectivity index (χ1) is 7.92. The molecular formula is C11H14F2O3S. The molecule has 0 aliphatic carbocycles. The van der Waals surface area contributed by atoms with Crippen molar-refractivity contribution in [3.05, 3.63) is 29.8 Å². The molecule has 0 heterocycles. The number of aryl methyl sites for hydroxylation is 1. The minimum absolute atomic E-state index is 0.0166. The Labute approximate surface area is 99.5 Å². The first kappa shape index (κ1) is 14.1. The van der Waals surface area contributed by atoms with Crippen molar-refractivity contribution in [3.8, 4) is 0 Å². The maximum atomic E-state index is 11.8. The summed E-state index contributed by atoms with van der Waals surface area (Å²) in [5.74, 6) is 0. The molecule has 0 spiro atoms. The monoisotopic (exact) mass is 264 g/mol. The SMILES string of the molecule is Cc1ccc(S(=O)(=O)OCCCC(F)F)cc1. The molecule has 0 aliphatic heterocycles. The molecule has 17 heavy (non-hydrogen) atoms. The smallest absolute Gasteiger partial charge is 0.266 e. The minimum Gasteiger partial charge on any atom is -0.266 e. The van der Waals surface area contributed by atoms with Crippen molar-refractivity contribution in [1.82, 2.24) is 0 Å². The van der Waals surface area contributed by atoms with Crippen LogP contribution < -0.4 is 0 Å². The van der Waals surface area contributed by atoms with Crippen LogP contribution in [0.15, 0.2) is 29.2 Å². The summed E-state index contributed by atoms with van der Waals surface area (Å²) in [5, 5.41) is 0. The molecule has 1 rings (SSSR count). The Kier molecular flexibility index (Phi) is 5.02. The molecule has 0 atom stereocenters. The van der Waals surface area contributed by atoms with E-state index in [0.717, 1.165) is 5.56 Å². The van der Waals surface area contributed by atoms with E-state index in [2.05, 4.69) is 4.18 Å². The van der Waals surface area contributed by atoms with Gasteiger partial charge in [-0.25, -0.2) is 8.78 Å². The van der Waals surface area contributed by atoms with Crippen LogP contribution in [0.25, 0.3) is 0 Å². The van der Waals surface area contributed by atoms with E-state index < -0.39 is 16.5 Å². The van der Waals surface area contributed by atoms with E-state index in [4.69, 9.17) is 0 Å². The summed E-state index contributed by atoms with van der Waals surface area (Å²) >= 11 is 0. The van der Waals surface area contributed by atoms with Gasteiger partial charge in [0.15, 0.2) is 0 Å². The summed E-state index contributed by atoms with van der Waals surface area (Å²) in [4.78, 5) is 0.0418. The molecule has 0 aliphatic rings. The van der Waals surface area contributed by atoms with E-state index in [9.17, 15) is 17.2 Å². The van der Waals surface area contributed by atoms with Gasteiger partial charge in [0, 0.05) is 6.42 Å². The summed E-state index contributed by atoms with van der Waals surface area (Å²) in [5.41, 5.74) is 0.932. The van der Waals surface area contributed by atoms with Gasteiger partial charge in [-0.3, -0.25) is 4.18 Å². The average molecular weight is 264 g/mol. The number of halogens is 2. The maximum absolute atomic E-state index is 11.8. The number of hydrogen-bond donors (Lipinski definition) is 0. The lowest BCUT2D eigenvalue weighted by Gasteiger charge is -2.05. The highest BCUT2D eigenvalue weighted by Crippen LogP contribution is 2.14. The Morgan fingerprint density at radius 3 is 2.35 bits per heavy atom. The average Bonchev–Trinajstić information content (AvgIpc) is 2.25. The van der Waals surface area contributed by atoms with E-state index in [1.165, 1.54) is 12.1 Å². The van der Waals surface area contributed by atoms with Gasteiger partial charge in [0.05, 0.1) is 11.5 Å². The Bertz CT molecular complexity index is 440. The molecule has 0 N–H and O–H groups in total. The molecule has 0 saturated heterocycles. The second-order valence-corrected chi connectivity index (χ2v) is 5.24. The van der Waals surface area contributed by atoms with Crippen LogP contribution in [-0.2, 0) is 14.3 Å². The van der Waals surface area contributed by atoms with E-state index in [-0.39, 0.29) is 24.3 Å². The fourth-order valence-electron chi connectivity index (χ4n) is 1.18. The first-order valence-electron chi connectivity index (χ1n) is 5.16. The van der Waals surface area contributed by atoms with Gasteiger partial charge in [-0.2, -0.15) is 8.42 Å². The fourth-order valence-corrected chi connectivity index (χ4v) is 2.12. The molecule has 6 heteroatoms. The Hall–Kier alpha value is -1.01. The second kappa shape index (κ2) is 6.07. The van der Waals surface area contributed by atoms with Crippen molar-refractivity contribution in [2.24, 2.45) is 0 Å². The Morgan fingerprint density at radius 1 is 1.24 bits per heavy atom. The van der Waals surface area contributed by atoms with E-state index >= 15 is 0 Å². The third kappa shape index (κ3) is 4.79. The van der Waals surface area contributed by atoms with Crippen LogP contribution in [0, 0.1) is 6.92 Å². The third-order valence-corrected chi connectivity index (χ3v) is 3.44. The number of rotatable bonds is 6. The molecule has 1 aromatic carbocycles. The van der Waals surface area contributed by atoms with E-state index in [1.54, 1.807) is 12.1 Å². The maximum Gasteiger partial charge on any atom is 0.296 e. The van der Waals surface area contributed by atoms with Crippen LogP contribution >= 0.6 is 0 Å². The zero-order valence-electron chi connectivity index (χ0n) is 9.40. The molecule has 0 amide bonds. The zero-order valence-corrected chi connectivity index (χ0v) is 10.2. The molecule has 3 nitrogen and oxygen atoms in total. The summed E-state index contributed by atoms with van der Waals surface area (Å²) in [6, 6.07) is 6.15. The van der Waals surface area contributed by atoms with Gasteiger partial charge in [0.2, 0.25) is 6.43 Å². The van der Waals surface area contributed by atoms with Crippen LogP contribution in [0.3, 0.4) is 0 Å². The normalized spacial score (nSPS) is 12.0. The molecule has 0 radical (unpaired) electrons. The van der Waals surface area contributed by atoms with Gasteiger partial charge in [-0.1, -0.05) is 17.7 Å². The lowest BCUT2D eigenvalue weighted by molar-refractivity contribution is 0.127. The molecule has 1 aromatic rings. The molecule has 0 bridgehead atoms. The highest BCUT2D eigenvalue weighted by Gasteiger charge is 2.14. The predicted octanol–water partition coefficient (Wildman–Crippen LogP) is 2.75. The molecule has 0 unspecified atom stereocenters. The summed E-state index contributed by atoms with van der Waals surface area (Å²) < 4.78 is 51.4. The Morgan fingerprint density at radius 2 is 1.82 bits per heavy atom. The third-order valence-electron chi connectivity index (χ3n) is 2.11. The quantitative estimate of drug-likeness (QED) is 0.586.